The van der Waals surface area contributed by atoms with Gasteiger partial charge in [0.15, 0.2) is 0 Å². The van der Waals surface area contributed by atoms with Crippen LogP contribution in [-0.4, -0.2) is 10.9 Å². The van der Waals surface area contributed by atoms with Gasteiger partial charge in [-0.15, -0.1) is 0 Å². The number of nitrogens with zero attached hydrogens (tertiary/aromatic N) is 1. The number of para-hydroxylation sites is 1. The molecule has 0 unspecified atom stereocenters. The second kappa shape index (κ2) is 5.39. The van der Waals surface area contributed by atoms with Crippen molar-refractivity contribution in [3.63, 3.8) is 0 Å². The minimum atomic E-state index is -0.532. The van der Waals surface area contributed by atoms with E-state index in [0.717, 1.165) is 11.3 Å². The summed E-state index contributed by atoms with van der Waals surface area (Å²) in [5.74, 6) is -0.532. The topological polar surface area (TPSA) is 94.0 Å². The lowest BCUT2D eigenvalue weighted by Gasteiger charge is -2.12. The third-order valence-electron chi connectivity index (χ3n) is 2.94. The molecule has 1 aromatic carbocycles. The van der Waals surface area contributed by atoms with Gasteiger partial charge in [-0.05, 0) is 30.7 Å². The second-order valence-corrected chi connectivity index (χ2v) is 4.25. The number of amides is 1. The molecule has 1 aromatic heterocycles. The molecule has 0 fully saturated rings. The summed E-state index contributed by atoms with van der Waals surface area (Å²) >= 11 is 0. The Balaban J connectivity index is 2.19. The summed E-state index contributed by atoms with van der Waals surface area (Å²) in [7, 11) is 0. The molecule has 2 rings (SSSR count). The first-order valence-corrected chi connectivity index (χ1v) is 5.92. The van der Waals surface area contributed by atoms with Gasteiger partial charge in [0.25, 0.3) is 5.91 Å². The normalized spacial score (nSPS) is 10.2. The van der Waals surface area contributed by atoms with E-state index in [1.165, 1.54) is 0 Å². The predicted octanol–water partition coefficient (Wildman–Crippen LogP) is 1.68. The van der Waals surface area contributed by atoms with Gasteiger partial charge in [-0.1, -0.05) is 12.1 Å². The highest BCUT2D eigenvalue weighted by Gasteiger charge is 2.09. The van der Waals surface area contributed by atoms with Gasteiger partial charge in [0.2, 0.25) is 0 Å². The van der Waals surface area contributed by atoms with E-state index in [1.807, 2.05) is 19.1 Å². The number of carbonyl (C=O) groups is 1. The molecule has 0 aliphatic rings. The number of nitrogens with two attached hydrogens (primary N) is 2. The van der Waals surface area contributed by atoms with Gasteiger partial charge >= 0.3 is 0 Å². The Bertz CT molecular complexity index is 610. The maximum absolute atomic E-state index is 11.2. The van der Waals surface area contributed by atoms with Crippen molar-refractivity contribution in [2.45, 2.75) is 13.5 Å². The van der Waals surface area contributed by atoms with E-state index in [4.69, 9.17) is 11.5 Å². The number of hydrogen-bond acceptors (Lipinski definition) is 4. The summed E-state index contributed by atoms with van der Waals surface area (Å²) < 4.78 is 0. The van der Waals surface area contributed by atoms with Crippen molar-refractivity contribution < 1.29 is 4.79 Å². The Hall–Kier alpha value is -2.56. The highest BCUT2D eigenvalue weighted by molar-refractivity contribution is 6.00. The number of hydrogen-bond donors (Lipinski definition) is 3. The van der Waals surface area contributed by atoms with Crippen LogP contribution in [0.1, 0.15) is 21.6 Å². The third kappa shape index (κ3) is 2.82. The predicted molar refractivity (Wildman–Crippen MR) is 75.7 cm³/mol. The number of rotatable bonds is 4. The highest BCUT2D eigenvalue weighted by Crippen LogP contribution is 2.23. The number of aromatic nitrogens is 1. The molecular weight excluding hydrogens is 240 g/mol. The zero-order valence-electron chi connectivity index (χ0n) is 10.7. The lowest BCUT2D eigenvalue weighted by molar-refractivity contribution is 0.100. The van der Waals surface area contributed by atoms with E-state index in [1.54, 1.807) is 24.4 Å². The number of anilines is 2. The molecule has 0 spiro atoms. The SMILES string of the molecule is Cc1cccnc1CNc1cccc(C(N)=O)c1N. The van der Waals surface area contributed by atoms with Crippen molar-refractivity contribution in [1.82, 2.24) is 4.98 Å². The molecule has 0 atom stereocenters. The lowest BCUT2D eigenvalue weighted by atomic mass is 10.1. The Morgan fingerprint density at radius 2 is 2.11 bits per heavy atom. The molecule has 2 aromatic rings. The fraction of sp³-hybridized carbons (Fsp3) is 0.143. The van der Waals surface area contributed by atoms with Crippen LogP contribution in [-0.2, 0) is 6.54 Å². The summed E-state index contributed by atoms with van der Waals surface area (Å²) in [6, 6.07) is 9.03. The van der Waals surface area contributed by atoms with Gasteiger partial charge in [-0.2, -0.15) is 0 Å². The number of nitrogen functional groups attached to an aromatic ring is 1. The summed E-state index contributed by atoms with van der Waals surface area (Å²) in [5, 5.41) is 3.17. The van der Waals surface area contributed by atoms with Crippen LogP contribution in [0.4, 0.5) is 11.4 Å². The van der Waals surface area contributed by atoms with E-state index < -0.39 is 5.91 Å². The number of primary amides is 1. The Kier molecular flexibility index (Phi) is 3.66. The molecule has 19 heavy (non-hydrogen) atoms. The molecule has 0 bridgehead atoms. The van der Waals surface area contributed by atoms with E-state index >= 15 is 0 Å². The average molecular weight is 256 g/mol. The van der Waals surface area contributed by atoms with Crippen LogP contribution in [0, 0.1) is 6.92 Å². The van der Waals surface area contributed by atoms with Gasteiger partial charge in [0, 0.05) is 6.20 Å². The van der Waals surface area contributed by atoms with Crippen molar-refractivity contribution in [2.24, 2.45) is 5.73 Å². The largest absolute Gasteiger partial charge is 0.396 e. The van der Waals surface area contributed by atoms with Gasteiger partial charge in [0.1, 0.15) is 0 Å². The van der Waals surface area contributed by atoms with Crippen molar-refractivity contribution in [3.05, 3.63) is 53.3 Å². The summed E-state index contributed by atoms with van der Waals surface area (Å²) in [4.78, 5) is 15.5. The minimum Gasteiger partial charge on any atom is -0.396 e. The van der Waals surface area contributed by atoms with Gasteiger partial charge in [0.05, 0.1) is 29.2 Å². The molecule has 0 radical (unpaired) electrons. The molecule has 0 aliphatic carbocycles. The van der Waals surface area contributed by atoms with Crippen molar-refractivity contribution >= 4 is 17.3 Å². The van der Waals surface area contributed by atoms with Crippen LogP contribution >= 0.6 is 0 Å². The molecule has 5 nitrogen and oxygen atoms in total. The fourth-order valence-corrected chi connectivity index (χ4v) is 1.82. The molecular formula is C14H16N4O. The van der Waals surface area contributed by atoms with E-state index in [9.17, 15) is 4.79 Å². The first-order valence-electron chi connectivity index (χ1n) is 5.92. The number of nitrogens with one attached hydrogen (secondary N) is 1. The number of benzene rings is 1. The Labute approximate surface area is 111 Å². The molecule has 0 saturated carbocycles. The fourth-order valence-electron chi connectivity index (χ4n) is 1.82. The van der Waals surface area contributed by atoms with Gasteiger partial charge < -0.3 is 16.8 Å². The van der Waals surface area contributed by atoms with Crippen LogP contribution in [0.25, 0.3) is 0 Å². The first-order chi connectivity index (χ1) is 9.09. The van der Waals surface area contributed by atoms with Crippen LogP contribution in [0.15, 0.2) is 36.5 Å². The van der Waals surface area contributed by atoms with E-state index in [0.29, 0.717) is 23.5 Å². The Morgan fingerprint density at radius 1 is 1.32 bits per heavy atom. The minimum absolute atomic E-state index is 0.322. The van der Waals surface area contributed by atoms with Gasteiger partial charge in [-0.3, -0.25) is 9.78 Å². The van der Waals surface area contributed by atoms with Crippen molar-refractivity contribution in [3.8, 4) is 0 Å². The van der Waals surface area contributed by atoms with Crippen LogP contribution in [0.5, 0.6) is 0 Å². The molecule has 5 heteroatoms. The molecule has 98 valence electrons. The highest BCUT2D eigenvalue weighted by atomic mass is 16.1. The van der Waals surface area contributed by atoms with Crippen LogP contribution < -0.4 is 16.8 Å². The van der Waals surface area contributed by atoms with Crippen molar-refractivity contribution in [1.29, 1.82) is 0 Å². The smallest absolute Gasteiger partial charge is 0.250 e. The number of carbonyl (C=O) groups excluding carboxylic acids is 1. The number of aryl methyl sites for hydroxylation is 1. The molecule has 5 N–H and O–H groups in total. The van der Waals surface area contributed by atoms with Crippen LogP contribution in [0.3, 0.4) is 0 Å². The lowest BCUT2D eigenvalue weighted by Crippen LogP contribution is -2.15. The molecule has 1 heterocycles. The maximum atomic E-state index is 11.2. The van der Waals surface area contributed by atoms with Crippen molar-refractivity contribution in [2.75, 3.05) is 11.1 Å². The standard InChI is InChI=1S/C14H16N4O/c1-9-4-3-7-17-12(9)8-18-11-6-2-5-10(13(11)15)14(16)19/h2-7,18H,8,15H2,1H3,(H2,16,19). The monoisotopic (exact) mass is 256 g/mol. The van der Waals surface area contributed by atoms with E-state index in [2.05, 4.69) is 10.3 Å². The van der Waals surface area contributed by atoms with Gasteiger partial charge in [-0.25, -0.2) is 0 Å². The summed E-state index contributed by atoms with van der Waals surface area (Å²) in [6.45, 7) is 2.53. The zero-order chi connectivity index (χ0) is 13.8. The first kappa shape index (κ1) is 12.9. The summed E-state index contributed by atoms with van der Waals surface area (Å²) in [6.07, 6.45) is 1.74. The number of pyridine rings is 1. The third-order valence-corrected chi connectivity index (χ3v) is 2.94. The van der Waals surface area contributed by atoms with E-state index in [-0.39, 0.29) is 0 Å². The quantitative estimate of drug-likeness (QED) is 0.725. The Morgan fingerprint density at radius 3 is 2.79 bits per heavy atom. The maximum Gasteiger partial charge on any atom is 0.250 e. The van der Waals surface area contributed by atoms with Crippen LogP contribution in [0.2, 0.25) is 0 Å². The molecule has 0 saturated heterocycles. The summed E-state index contributed by atoms with van der Waals surface area (Å²) in [5.41, 5.74) is 14.6. The molecule has 0 aliphatic heterocycles. The second-order valence-electron chi connectivity index (χ2n) is 4.25. The average Bonchev–Trinajstić information content (AvgIpc) is 2.39. The zero-order valence-corrected chi connectivity index (χ0v) is 10.7. The molecule has 1 amide bonds.